The van der Waals surface area contributed by atoms with E-state index in [9.17, 15) is 0 Å². The molecular weight excluding hydrogens is 435 g/mol. The normalized spacial score (nSPS) is 17.2. The van der Waals surface area contributed by atoms with Gasteiger partial charge in [0, 0.05) is 48.4 Å². The number of thiophene rings is 1. The molecule has 1 aliphatic heterocycles. The summed E-state index contributed by atoms with van der Waals surface area (Å²) in [6.07, 6.45) is 1.03. The maximum atomic E-state index is 5.38. The van der Waals surface area contributed by atoms with Gasteiger partial charge in [-0.15, -0.1) is 35.3 Å². The fraction of sp³-hybridized carbons (Fsp3) is 0.706. The maximum Gasteiger partial charge on any atom is 0.191 e. The third kappa shape index (κ3) is 8.13. The van der Waals surface area contributed by atoms with E-state index in [0.29, 0.717) is 6.04 Å². The molecule has 138 valence electrons. The molecule has 1 fully saturated rings. The summed E-state index contributed by atoms with van der Waals surface area (Å²) in [6.45, 7) is 12.9. The van der Waals surface area contributed by atoms with Crippen LogP contribution in [0.25, 0.3) is 0 Å². The first-order valence-electron chi connectivity index (χ1n) is 8.57. The molecule has 0 radical (unpaired) electrons. The van der Waals surface area contributed by atoms with Crippen LogP contribution in [0.2, 0.25) is 0 Å². The fourth-order valence-electron chi connectivity index (χ4n) is 2.63. The van der Waals surface area contributed by atoms with E-state index >= 15 is 0 Å². The third-order valence-corrected chi connectivity index (χ3v) is 4.84. The van der Waals surface area contributed by atoms with Gasteiger partial charge >= 0.3 is 0 Å². The number of aryl methyl sites for hydroxylation is 1. The van der Waals surface area contributed by atoms with Gasteiger partial charge in [-0.25, -0.2) is 0 Å². The van der Waals surface area contributed by atoms with Gasteiger partial charge in [-0.2, -0.15) is 0 Å². The zero-order chi connectivity index (χ0) is 16.5. The number of nitrogens with one attached hydrogen (secondary N) is 2. The summed E-state index contributed by atoms with van der Waals surface area (Å²) in [7, 11) is 0. The molecule has 2 heterocycles. The van der Waals surface area contributed by atoms with Crippen LogP contribution < -0.4 is 10.6 Å². The summed E-state index contributed by atoms with van der Waals surface area (Å²) in [6, 6.07) is 4.78. The van der Waals surface area contributed by atoms with Crippen molar-refractivity contribution in [3.05, 3.63) is 21.9 Å². The summed E-state index contributed by atoms with van der Waals surface area (Å²) in [5.74, 6) is 0.918. The number of ether oxygens (including phenoxy) is 1. The van der Waals surface area contributed by atoms with Gasteiger partial charge in [0.05, 0.1) is 19.8 Å². The molecule has 0 aliphatic carbocycles. The first kappa shape index (κ1) is 21.7. The van der Waals surface area contributed by atoms with E-state index in [1.807, 2.05) is 11.3 Å². The summed E-state index contributed by atoms with van der Waals surface area (Å²) >= 11 is 1.87. The van der Waals surface area contributed by atoms with Crippen molar-refractivity contribution in [3.63, 3.8) is 0 Å². The maximum absolute atomic E-state index is 5.38. The van der Waals surface area contributed by atoms with Crippen LogP contribution in [0.15, 0.2) is 17.1 Å². The molecule has 2 rings (SSSR count). The third-order valence-electron chi connectivity index (χ3n) is 3.82. The van der Waals surface area contributed by atoms with Crippen molar-refractivity contribution in [2.75, 3.05) is 45.9 Å². The molecule has 2 N–H and O–H groups in total. The highest BCUT2D eigenvalue weighted by molar-refractivity contribution is 14.0. The second-order valence-electron chi connectivity index (χ2n) is 5.98. The number of rotatable bonds is 7. The minimum absolute atomic E-state index is 0. The van der Waals surface area contributed by atoms with Crippen molar-refractivity contribution in [1.29, 1.82) is 0 Å². The van der Waals surface area contributed by atoms with E-state index in [4.69, 9.17) is 9.73 Å². The van der Waals surface area contributed by atoms with Gasteiger partial charge in [-0.1, -0.05) is 0 Å². The number of guanidine groups is 1. The molecule has 0 amide bonds. The van der Waals surface area contributed by atoms with E-state index in [1.165, 1.54) is 9.75 Å². The van der Waals surface area contributed by atoms with Crippen LogP contribution in [0, 0.1) is 6.92 Å². The molecule has 0 bridgehead atoms. The Hall–Kier alpha value is -0.380. The van der Waals surface area contributed by atoms with E-state index in [2.05, 4.69) is 48.4 Å². The highest BCUT2D eigenvalue weighted by atomic mass is 127. The van der Waals surface area contributed by atoms with Gasteiger partial charge in [0.15, 0.2) is 5.96 Å². The van der Waals surface area contributed by atoms with Crippen LogP contribution in [-0.2, 0) is 11.2 Å². The number of morpholine rings is 1. The van der Waals surface area contributed by atoms with Gasteiger partial charge in [0.2, 0.25) is 0 Å². The van der Waals surface area contributed by atoms with Crippen molar-refractivity contribution < 1.29 is 4.74 Å². The Morgan fingerprint density at radius 2 is 2.12 bits per heavy atom. The van der Waals surface area contributed by atoms with Gasteiger partial charge in [0.25, 0.3) is 0 Å². The topological polar surface area (TPSA) is 48.9 Å². The van der Waals surface area contributed by atoms with Crippen LogP contribution >= 0.6 is 35.3 Å². The number of hydrogen-bond acceptors (Lipinski definition) is 4. The van der Waals surface area contributed by atoms with Crippen LogP contribution in [0.5, 0.6) is 0 Å². The molecule has 1 unspecified atom stereocenters. The first-order valence-corrected chi connectivity index (χ1v) is 9.39. The van der Waals surface area contributed by atoms with Crippen molar-refractivity contribution >= 4 is 41.3 Å². The Kier molecular flexibility index (Phi) is 10.9. The first-order chi connectivity index (χ1) is 11.2. The van der Waals surface area contributed by atoms with Crippen LogP contribution in [0.1, 0.15) is 23.6 Å². The van der Waals surface area contributed by atoms with Crippen molar-refractivity contribution in [2.45, 2.75) is 33.2 Å². The number of aliphatic imine (C=N–C) groups is 1. The highest BCUT2D eigenvalue weighted by Gasteiger charge is 2.10. The van der Waals surface area contributed by atoms with Crippen LogP contribution in [0.3, 0.4) is 0 Å². The minimum atomic E-state index is 0. The lowest BCUT2D eigenvalue weighted by atomic mass is 10.2. The molecule has 1 aliphatic rings. The highest BCUT2D eigenvalue weighted by Crippen LogP contribution is 2.16. The molecule has 5 nitrogen and oxygen atoms in total. The Balaban J connectivity index is 0.00000288. The molecule has 1 atom stereocenters. The molecule has 0 spiro atoms. The summed E-state index contributed by atoms with van der Waals surface area (Å²) < 4.78 is 5.38. The van der Waals surface area contributed by atoms with Crippen molar-refractivity contribution in [2.24, 2.45) is 4.99 Å². The lowest BCUT2D eigenvalue weighted by Crippen LogP contribution is -2.43. The predicted molar refractivity (Wildman–Crippen MR) is 114 cm³/mol. The monoisotopic (exact) mass is 466 g/mol. The van der Waals surface area contributed by atoms with E-state index in [-0.39, 0.29) is 24.0 Å². The smallest absolute Gasteiger partial charge is 0.191 e. The fourth-order valence-corrected chi connectivity index (χ4v) is 3.65. The zero-order valence-electron chi connectivity index (χ0n) is 15.0. The molecule has 1 aromatic heterocycles. The van der Waals surface area contributed by atoms with E-state index < -0.39 is 0 Å². The van der Waals surface area contributed by atoms with Gasteiger partial charge in [-0.05, 0) is 32.9 Å². The Bertz CT molecular complexity index is 489. The summed E-state index contributed by atoms with van der Waals surface area (Å²) in [4.78, 5) is 9.92. The number of halogens is 1. The lowest BCUT2D eigenvalue weighted by Gasteiger charge is -2.26. The minimum Gasteiger partial charge on any atom is -0.379 e. The van der Waals surface area contributed by atoms with Crippen molar-refractivity contribution in [3.8, 4) is 0 Å². The van der Waals surface area contributed by atoms with Gasteiger partial charge in [-0.3, -0.25) is 9.89 Å². The quantitative estimate of drug-likeness (QED) is 0.369. The summed E-state index contributed by atoms with van der Waals surface area (Å²) in [5.41, 5.74) is 0. The van der Waals surface area contributed by atoms with E-state index in [0.717, 1.165) is 58.3 Å². The average molecular weight is 466 g/mol. The van der Waals surface area contributed by atoms with Gasteiger partial charge in [0.1, 0.15) is 0 Å². The molecular formula is C17H31IN4OS. The molecule has 0 saturated carbocycles. The molecule has 7 heteroatoms. The SMILES string of the molecule is CCNC(=NCCN1CCOCC1)NC(C)Cc1ccc(C)s1.I. The van der Waals surface area contributed by atoms with Crippen LogP contribution in [0.4, 0.5) is 0 Å². The predicted octanol–water partition coefficient (Wildman–Crippen LogP) is 2.49. The van der Waals surface area contributed by atoms with Crippen molar-refractivity contribution in [1.82, 2.24) is 15.5 Å². The standard InChI is InChI=1S/C17H30N4OS.HI/c1-4-18-17(19-7-8-21-9-11-22-12-10-21)20-14(2)13-16-6-5-15(3)23-16;/h5-6,14H,4,7-13H2,1-3H3,(H2,18,19,20);1H. The number of hydrogen-bond donors (Lipinski definition) is 2. The van der Waals surface area contributed by atoms with Crippen LogP contribution in [-0.4, -0.2) is 62.8 Å². The van der Waals surface area contributed by atoms with E-state index in [1.54, 1.807) is 0 Å². The number of nitrogens with zero attached hydrogens (tertiary/aromatic N) is 2. The average Bonchev–Trinajstić information content (AvgIpc) is 2.93. The molecule has 0 aromatic carbocycles. The summed E-state index contributed by atoms with van der Waals surface area (Å²) in [5, 5.41) is 6.86. The molecule has 1 saturated heterocycles. The Morgan fingerprint density at radius 3 is 2.75 bits per heavy atom. The zero-order valence-corrected chi connectivity index (χ0v) is 18.2. The largest absolute Gasteiger partial charge is 0.379 e. The Morgan fingerprint density at radius 1 is 1.38 bits per heavy atom. The second kappa shape index (κ2) is 12.1. The second-order valence-corrected chi connectivity index (χ2v) is 7.35. The van der Waals surface area contributed by atoms with Gasteiger partial charge < -0.3 is 15.4 Å². The lowest BCUT2D eigenvalue weighted by molar-refractivity contribution is 0.0394. The molecule has 1 aromatic rings. The Labute approximate surface area is 167 Å². The molecule has 24 heavy (non-hydrogen) atoms.